The Bertz CT molecular complexity index is 769. The van der Waals surface area contributed by atoms with Crippen LogP contribution in [0.25, 0.3) is 0 Å². The van der Waals surface area contributed by atoms with Gasteiger partial charge in [0.2, 0.25) is 0 Å². The Morgan fingerprint density at radius 1 is 1.08 bits per heavy atom. The van der Waals surface area contributed by atoms with Crippen molar-refractivity contribution in [3.8, 4) is 0 Å². The molecule has 124 valence electrons. The summed E-state index contributed by atoms with van der Waals surface area (Å²) < 4.78 is 0. The predicted octanol–water partition coefficient (Wildman–Crippen LogP) is 4.08. The van der Waals surface area contributed by atoms with Crippen LogP contribution in [0.4, 0.5) is 23.0 Å². The number of hydrogen-bond donors (Lipinski definition) is 3. The number of benzene rings is 1. The molecule has 0 spiro atoms. The molecule has 0 saturated carbocycles. The highest BCUT2D eigenvalue weighted by molar-refractivity contribution is 7.09. The average Bonchev–Trinajstić information content (AvgIpc) is 3.12. The Balaban J connectivity index is 1.65. The molecule has 0 aliphatic rings. The van der Waals surface area contributed by atoms with E-state index < -0.39 is 0 Å². The van der Waals surface area contributed by atoms with E-state index in [1.165, 1.54) is 16.8 Å². The summed E-state index contributed by atoms with van der Waals surface area (Å²) in [5.41, 5.74) is 8.99. The van der Waals surface area contributed by atoms with Gasteiger partial charge in [0.05, 0.1) is 0 Å². The topological polar surface area (TPSA) is 75.9 Å². The fourth-order valence-electron chi connectivity index (χ4n) is 2.36. The summed E-state index contributed by atoms with van der Waals surface area (Å²) in [5.74, 6) is 1.28. The van der Waals surface area contributed by atoms with Crippen molar-refractivity contribution in [2.45, 2.75) is 19.8 Å². The molecule has 5 nitrogen and oxygen atoms in total. The highest BCUT2D eigenvalue weighted by Crippen LogP contribution is 2.26. The molecule has 3 rings (SSSR count). The zero-order valence-corrected chi connectivity index (χ0v) is 14.4. The number of nitrogens with zero attached hydrogens (tertiary/aromatic N) is 2. The average molecular weight is 339 g/mol. The third kappa shape index (κ3) is 4.02. The molecule has 3 aromatic rings. The summed E-state index contributed by atoms with van der Waals surface area (Å²) in [4.78, 5) is 9.83. The van der Waals surface area contributed by atoms with E-state index in [-0.39, 0.29) is 0 Å². The summed E-state index contributed by atoms with van der Waals surface area (Å²) in [6, 6.07) is 12.4. The number of nitrogen functional groups attached to an aromatic ring is 1. The van der Waals surface area contributed by atoms with Crippen LogP contribution in [-0.2, 0) is 12.8 Å². The van der Waals surface area contributed by atoms with Crippen LogP contribution in [0.2, 0.25) is 0 Å². The molecular formula is C18H21N5S. The van der Waals surface area contributed by atoms with Crippen LogP contribution in [-0.4, -0.2) is 16.5 Å². The summed E-state index contributed by atoms with van der Waals surface area (Å²) >= 11 is 1.75. The summed E-state index contributed by atoms with van der Waals surface area (Å²) in [6.07, 6.45) is 3.49. The van der Waals surface area contributed by atoms with Crippen LogP contribution < -0.4 is 16.4 Å². The number of rotatable bonds is 7. The molecular weight excluding hydrogens is 318 g/mol. The first kappa shape index (κ1) is 16.3. The van der Waals surface area contributed by atoms with E-state index in [9.17, 15) is 0 Å². The zero-order chi connectivity index (χ0) is 16.8. The minimum absolute atomic E-state index is 0.531. The van der Waals surface area contributed by atoms with Crippen molar-refractivity contribution in [2.24, 2.45) is 0 Å². The van der Waals surface area contributed by atoms with Gasteiger partial charge < -0.3 is 16.4 Å². The molecule has 0 bridgehead atoms. The summed E-state index contributed by atoms with van der Waals surface area (Å²) in [6.45, 7) is 2.92. The van der Waals surface area contributed by atoms with E-state index in [0.717, 1.165) is 25.1 Å². The lowest BCUT2D eigenvalue weighted by atomic mass is 10.1. The quantitative estimate of drug-likeness (QED) is 0.605. The molecule has 0 unspecified atom stereocenters. The standard InChI is InChI=1S/C18H21N5S/c1-2-13-5-7-14(8-6-13)23-18-16(19)17(21-12-22-18)20-10-9-15-4-3-11-24-15/h3-8,11-12H,2,9-10,19H2,1H3,(H2,20,21,22,23). The molecule has 0 amide bonds. The predicted molar refractivity (Wildman–Crippen MR) is 102 cm³/mol. The fourth-order valence-corrected chi connectivity index (χ4v) is 3.06. The Kier molecular flexibility index (Phi) is 5.28. The number of anilines is 4. The molecule has 0 atom stereocenters. The maximum Gasteiger partial charge on any atom is 0.159 e. The Morgan fingerprint density at radius 2 is 1.88 bits per heavy atom. The van der Waals surface area contributed by atoms with Gasteiger partial charge in [-0.3, -0.25) is 0 Å². The van der Waals surface area contributed by atoms with Crippen molar-refractivity contribution in [2.75, 3.05) is 22.9 Å². The molecule has 0 aliphatic heterocycles. The van der Waals surface area contributed by atoms with E-state index in [1.807, 2.05) is 12.1 Å². The zero-order valence-electron chi connectivity index (χ0n) is 13.6. The van der Waals surface area contributed by atoms with Crippen molar-refractivity contribution >= 4 is 34.3 Å². The third-order valence-corrected chi connectivity index (χ3v) is 4.69. The molecule has 0 radical (unpaired) electrons. The second kappa shape index (κ2) is 7.79. The van der Waals surface area contributed by atoms with E-state index >= 15 is 0 Å². The summed E-state index contributed by atoms with van der Waals surface area (Å²) in [7, 11) is 0. The molecule has 0 aliphatic carbocycles. The fraction of sp³-hybridized carbons (Fsp3) is 0.222. The van der Waals surface area contributed by atoms with Gasteiger partial charge in [-0.15, -0.1) is 11.3 Å². The number of nitrogens with two attached hydrogens (primary N) is 1. The molecule has 4 N–H and O–H groups in total. The van der Waals surface area contributed by atoms with Crippen LogP contribution in [0.1, 0.15) is 17.4 Å². The third-order valence-electron chi connectivity index (χ3n) is 3.75. The van der Waals surface area contributed by atoms with E-state index in [0.29, 0.717) is 17.3 Å². The van der Waals surface area contributed by atoms with Crippen molar-refractivity contribution < 1.29 is 0 Å². The van der Waals surface area contributed by atoms with Crippen LogP contribution in [0.5, 0.6) is 0 Å². The minimum atomic E-state index is 0.531. The van der Waals surface area contributed by atoms with Gasteiger partial charge in [-0.1, -0.05) is 25.1 Å². The maximum absolute atomic E-state index is 6.20. The van der Waals surface area contributed by atoms with Gasteiger partial charge in [0.1, 0.15) is 12.0 Å². The van der Waals surface area contributed by atoms with Crippen molar-refractivity contribution in [1.82, 2.24) is 9.97 Å². The number of hydrogen-bond acceptors (Lipinski definition) is 6. The van der Waals surface area contributed by atoms with Crippen LogP contribution in [0.15, 0.2) is 48.1 Å². The SMILES string of the molecule is CCc1ccc(Nc2ncnc(NCCc3cccs3)c2N)cc1. The second-order valence-electron chi connectivity index (χ2n) is 5.42. The smallest absolute Gasteiger partial charge is 0.159 e. The van der Waals surface area contributed by atoms with Gasteiger partial charge in [-0.25, -0.2) is 9.97 Å². The molecule has 6 heteroatoms. The first-order valence-electron chi connectivity index (χ1n) is 7.99. The Hall–Kier alpha value is -2.60. The number of nitrogens with one attached hydrogen (secondary N) is 2. The molecule has 2 aromatic heterocycles. The Labute approximate surface area is 146 Å². The molecule has 0 fully saturated rings. The lowest BCUT2D eigenvalue weighted by Crippen LogP contribution is -2.10. The number of aromatic nitrogens is 2. The van der Waals surface area contributed by atoms with Gasteiger partial charge >= 0.3 is 0 Å². The maximum atomic E-state index is 6.20. The summed E-state index contributed by atoms with van der Waals surface area (Å²) in [5, 5.41) is 8.62. The van der Waals surface area contributed by atoms with Gasteiger partial charge in [0.25, 0.3) is 0 Å². The largest absolute Gasteiger partial charge is 0.393 e. The van der Waals surface area contributed by atoms with E-state index in [4.69, 9.17) is 5.73 Å². The van der Waals surface area contributed by atoms with Gasteiger partial charge in [0, 0.05) is 17.1 Å². The van der Waals surface area contributed by atoms with Crippen molar-refractivity contribution in [3.05, 3.63) is 58.5 Å². The van der Waals surface area contributed by atoms with Crippen LogP contribution >= 0.6 is 11.3 Å². The Morgan fingerprint density at radius 3 is 2.58 bits per heavy atom. The normalized spacial score (nSPS) is 10.5. The monoisotopic (exact) mass is 339 g/mol. The lowest BCUT2D eigenvalue weighted by molar-refractivity contribution is 1.02. The first-order valence-corrected chi connectivity index (χ1v) is 8.87. The minimum Gasteiger partial charge on any atom is -0.393 e. The highest BCUT2D eigenvalue weighted by atomic mass is 32.1. The van der Waals surface area contributed by atoms with Crippen LogP contribution in [0.3, 0.4) is 0 Å². The first-order chi connectivity index (χ1) is 11.8. The highest BCUT2D eigenvalue weighted by Gasteiger charge is 2.08. The molecule has 24 heavy (non-hydrogen) atoms. The molecule has 1 aromatic carbocycles. The van der Waals surface area contributed by atoms with Gasteiger partial charge in [-0.2, -0.15) is 0 Å². The van der Waals surface area contributed by atoms with E-state index in [1.54, 1.807) is 11.3 Å². The van der Waals surface area contributed by atoms with Gasteiger partial charge in [-0.05, 0) is 42.0 Å². The number of thiophene rings is 1. The number of aryl methyl sites for hydroxylation is 1. The van der Waals surface area contributed by atoms with Crippen molar-refractivity contribution in [1.29, 1.82) is 0 Å². The molecule has 0 saturated heterocycles. The van der Waals surface area contributed by atoms with E-state index in [2.05, 4.69) is 57.2 Å². The second-order valence-corrected chi connectivity index (χ2v) is 6.45. The molecule has 2 heterocycles. The van der Waals surface area contributed by atoms with Gasteiger partial charge in [0.15, 0.2) is 11.6 Å². The van der Waals surface area contributed by atoms with Crippen molar-refractivity contribution in [3.63, 3.8) is 0 Å². The van der Waals surface area contributed by atoms with Crippen LogP contribution in [0, 0.1) is 0 Å². The lowest BCUT2D eigenvalue weighted by Gasteiger charge is -2.12.